The summed E-state index contributed by atoms with van der Waals surface area (Å²) in [4.78, 5) is 16.7. The number of carbonyl (C=O) groups excluding carboxylic acids is 1. The molecule has 0 spiro atoms. The molecule has 2 aliphatic rings. The van der Waals surface area contributed by atoms with Gasteiger partial charge in [-0.25, -0.2) is 8.42 Å². The summed E-state index contributed by atoms with van der Waals surface area (Å²) in [6.45, 7) is 4.88. The molecule has 0 radical (unpaired) electrons. The Morgan fingerprint density at radius 1 is 1.17 bits per heavy atom. The van der Waals surface area contributed by atoms with Crippen molar-refractivity contribution in [3.8, 4) is 6.07 Å². The highest BCUT2D eigenvalue weighted by Crippen LogP contribution is 2.27. The van der Waals surface area contributed by atoms with Crippen LogP contribution in [0.15, 0.2) is 29.2 Å². The number of amides is 1. The van der Waals surface area contributed by atoms with E-state index in [9.17, 15) is 13.2 Å². The second-order valence-corrected chi connectivity index (χ2v) is 10.5. The summed E-state index contributed by atoms with van der Waals surface area (Å²) in [6.07, 6.45) is 6.66. The van der Waals surface area contributed by atoms with Crippen LogP contribution >= 0.6 is 0 Å². The molecular weight excluding hydrogens is 400 g/mol. The van der Waals surface area contributed by atoms with Gasteiger partial charge in [0, 0.05) is 44.2 Å². The number of hydrogen-bond donors (Lipinski definition) is 1. The fraction of sp³-hybridized carbons (Fsp3) is 0.636. The van der Waals surface area contributed by atoms with Crippen molar-refractivity contribution >= 4 is 21.4 Å². The molecule has 1 saturated heterocycles. The highest BCUT2D eigenvalue weighted by Gasteiger charge is 2.24. The lowest BCUT2D eigenvalue weighted by molar-refractivity contribution is -0.121. The topological polar surface area (TPSA) is 93.5 Å². The molecule has 1 saturated carbocycles. The first-order valence-corrected chi connectivity index (χ1v) is 12.7. The van der Waals surface area contributed by atoms with Gasteiger partial charge in [0.25, 0.3) is 0 Å². The lowest BCUT2D eigenvalue weighted by Gasteiger charge is -2.37. The maximum atomic E-state index is 11.8. The molecule has 0 aromatic heterocycles. The Morgan fingerprint density at radius 3 is 2.50 bits per heavy atom. The first-order chi connectivity index (χ1) is 14.3. The number of nitriles is 1. The lowest BCUT2D eigenvalue weighted by Crippen LogP contribution is -2.47. The monoisotopic (exact) mass is 432 g/mol. The molecule has 1 aromatic carbocycles. The highest BCUT2D eigenvalue weighted by atomic mass is 32.2. The van der Waals surface area contributed by atoms with E-state index in [2.05, 4.69) is 15.1 Å². The van der Waals surface area contributed by atoms with Crippen LogP contribution in [0.25, 0.3) is 0 Å². The maximum Gasteiger partial charge on any atom is 0.234 e. The minimum absolute atomic E-state index is 0.0511. The average Bonchev–Trinajstić information content (AvgIpc) is 2.73. The van der Waals surface area contributed by atoms with Gasteiger partial charge in [-0.15, -0.1) is 0 Å². The van der Waals surface area contributed by atoms with Gasteiger partial charge in [-0.1, -0.05) is 6.07 Å². The number of anilines is 1. The van der Waals surface area contributed by atoms with Gasteiger partial charge in [-0.3, -0.25) is 9.69 Å². The summed E-state index contributed by atoms with van der Waals surface area (Å²) < 4.78 is 23.6. The second kappa shape index (κ2) is 10.3. The van der Waals surface area contributed by atoms with Gasteiger partial charge in [0.2, 0.25) is 5.91 Å². The quantitative estimate of drug-likeness (QED) is 0.710. The fourth-order valence-electron chi connectivity index (χ4n) is 4.45. The van der Waals surface area contributed by atoms with Crippen LogP contribution in [0.3, 0.4) is 0 Å². The molecule has 2 fully saturated rings. The van der Waals surface area contributed by atoms with Crippen molar-refractivity contribution in [2.75, 3.05) is 43.9 Å². The van der Waals surface area contributed by atoms with E-state index in [1.54, 1.807) is 12.1 Å². The summed E-state index contributed by atoms with van der Waals surface area (Å²) >= 11 is 0. The first kappa shape index (κ1) is 22.6. The Labute approximate surface area is 180 Å². The second-order valence-electron chi connectivity index (χ2n) is 8.51. The largest absolute Gasteiger partial charge is 0.369 e. The molecule has 1 N–H and O–H groups in total. The minimum atomic E-state index is -3.18. The van der Waals surface area contributed by atoms with E-state index < -0.39 is 9.84 Å². The summed E-state index contributed by atoms with van der Waals surface area (Å²) in [5, 5.41) is 11.5. The summed E-state index contributed by atoms with van der Waals surface area (Å²) in [5.41, 5.74) is 0.981. The van der Waals surface area contributed by atoms with Crippen LogP contribution in [0.2, 0.25) is 0 Å². The SMILES string of the molecule is CS(=O)(=O)c1cccc(N2CCN(CCC3CCC(NC(=O)CC#N)CC3)CC2)c1. The molecule has 164 valence electrons. The molecule has 0 bridgehead atoms. The molecule has 30 heavy (non-hydrogen) atoms. The number of hydrogen-bond acceptors (Lipinski definition) is 6. The van der Waals surface area contributed by atoms with Crippen LogP contribution in [0.4, 0.5) is 5.69 Å². The van der Waals surface area contributed by atoms with Crippen LogP contribution in [-0.2, 0) is 14.6 Å². The number of nitrogens with zero attached hydrogens (tertiary/aromatic N) is 3. The molecule has 1 aliphatic heterocycles. The maximum absolute atomic E-state index is 11.8. The van der Waals surface area contributed by atoms with Crippen molar-refractivity contribution in [1.29, 1.82) is 5.26 Å². The number of nitrogens with one attached hydrogen (secondary N) is 1. The molecular formula is C22H32N4O3S. The van der Waals surface area contributed by atoms with Crippen LogP contribution in [0, 0.1) is 17.2 Å². The number of piperazine rings is 1. The van der Waals surface area contributed by atoms with Crippen LogP contribution < -0.4 is 10.2 Å². The zero-order chi connectivity index (χ0) is 21.6. The van der Waals surface area contributed by atoms with E-state index in [1.807, 2.05) is 18.2 Å². The van der Waals surface area contributed by atoms with E-state index >= 15 is 0 Å². The van der Waals surface area contributed by atoms with Gasteiger partial charge in [0.1, 0.15) is 6.42 Å². The number of carbonyl (C=O) groups is 1. The zero-order valence-corrected chi connectivity index (χ0v) is 18.5. The Morgan fingerprint density at radius 2 is 1.87 bits per heavy atom. The summed E-state index contributed by atoms with van der Waals surface area (Å²) in [7, 11) is -3.18. The molecule has 1 aromatic rings. The molecule has 1 heterocycles. The third kappa shape index (κ3) is 6.44. The van der Waals surface area contributed by atoms with Crippen molar-refractivity contribution < 1.29 is 13.2 Å². The number of benzene rings is 1. The molecule has 3 rings (SSSR count). The van der Waals surface area contributed by atoms with E-state index in [0.717, 1.165) is 64.1 Å². The van der Waals surface area contributed by atoms with Crippen molar-refractivity contribution in [1.82, 2.24) is 10.2 Å². The third-order valence-corrected chi connectivity index (χ3v) is 7.40. The molecule has 0 unspecified atom stereocenters. The van der Waals surface area contributed by atoms with E-state index in [0.29, 0.717) is 10.8 Å². The van der Waals surface area contributed by atoms with Crippen molar-refractivity contribution in [3.63, 3.8) is 0 Å². The fourth-order valence-corrected chi connectivity index (χ4v) is 5.11. The van der Waals surface area contributed by atoms with Crippen LogP contribution in [-0.4, -0.2) is 64.2 Å². The first-order valence-electron chi connectivity index (χ1n) is 10.8. The summed E-state index contributed by atoms with van der Waals surface area (Å²) in [6, 6.07) is 9.36. The average molecular weight is 433 g/mol. The van der Waals surface area contributed by atoms with Gasteiger partial charge in [0.05, 0.1) is 11.0 Å². The predicted octanol–water partition coefficient (Wildman–Crippen LogP) is 2.19. The Balaban J connectivity index is 1.38. The van der Waals surface area contributed by atoms with Crippen LogP contribution in [0.1, 0.15) is 38.5 Å². The Bertz CT molecular complexity index is 865. The van der Waals surface area contributed by atoms with Crippen LogP contribution in [0.5, 0.6) is 0 Å². The summed E-state index contributed by atoms with van der Waals surface area (Å²) in [5.74, 6) is 0.555. The predicted molar refractivity (Wildman–Crippen MR) is 117 cm³/mol. The molecule has 7 nitrogen and oxygen atoms in total. The van der Waals surface area contributed by atoms with Crippen molar-refractivity contribution in [2.24, 2.45) is 5.92 Å². The molecule has 1 aliphatic carbocycles. The lowest BCUT2D eigenvalue weighted by atomic mass is 9.84. The number of rotatable bonds is 7. The smallest absolute Gasteiger partial charge is 0.234 e. The third-order valence-electron chi connectivity index (χ3n) is 6.29. The standard InChI is InChI=1S/C22H32N4O3S/c1-30(28,29)21-4-2-3-20(17-21)26-15-13-25(14-16-26)12-10-18-5-7-19(8-6-18)24-22(27)9-11-23/h2-4,17-19H,5-10,12-16H2,1H3,(H,24,27). The van der Waals surface area contributed by atoms with E-state index in [1.165, 1.54) is 12.7 Å². The van der Waals surface area contributed by atoms with Crippen molar-refractivity contribution in [2.45, 2.75) is 49.5 Å². The number of sulfone groups is 1. The van der Waals surface area contributed by atoms with Gasteiger partial charge < -0.3 is 10.2 Å². The highest BCUT2D eigenvalue weighted by molar-refractivity contribution is 7.90. The van der Waals surface area contributed by atoms with Gasteiger partial charge in [-0.2, -0.15) is 5.26 Å². The van der Waals surface area contributed by atoms with Gasteiger partial charge in [0.15, 0.2) is 9.84 Å². The Kier molecular flexibility index (Phi) is 7.73. The molecule has 1 amide bonds. The van der Waals surface area contributed by atoms with Gasteiger partial charge >= 0.3 is 0 Å². The van der Waals surface area contributed by atoms with Crippen molar-refractivity contribution in [3.05, 3.63) is 24.3 Å². The molecule has 0 atom stereocenters. The van der Waals surface area contributed by atoms with Gasteiger partial charge in [-0.05, 0) is 62.8 Å². The Hall–Kier alpha value is -2.11. The minimum Gasteiger partial charge on any atom is -0.369 e. The zero-order valence-electron chi connectivity index (χ0n) is 17.7. The molecule has 8 heteroatoms. The normalized spacial score (nSPS) is 23.0. The van der Waals surface area contributed by atoms with E-state index in [4.69, 9.17) is 5.26 Å². The van der Waals surface area contributed by atoms with E-state index in [-0.39, 0.29) is 18.4 Å².